The molecule has 0 saturated heterocycles. The predicted molar refractivity (Wildman–Crippen MR) is 43.1 cm³/mol. The molecule has 1 aromatic heterocycles. The molecule has 0 aromatic carbocycles. The molecule has 1 aromatic rings. The van der Waals surface area contributed by atoms with Crippen LogP contribution in [0, 0.1) is 0 Å². The monoisotopic (exact) mass is 170 g/mol. The summed E-state index contributed by atoms with van der Waals surface area (Å²) < 4.78 is 0. The molecule has 1 heterocycles. The highest BCUT2D eigenvalue weighted by Crippen LogP contribution is 1.91. The van der Waals surface area contributed by atoms with Crippen LogP contribution in [-0.4, -0.2) is 21.2 Å². The van der Waals surface area contributed by atoms with Gasteiger partial charge in [-0.05, 0) is 6.92 Å². The Morgan fingerprint density at radius 3 is 2.75 bits per heavy atom. The van der Waals surface area contributed by atoms with E-state index in [1.165, 1.54) is 6.20 Å². The minimum absolute atomic E-state index is 0.242. The standard InChI is InChI=1S/C7H10N2O3/c1-4(10)2-5-3-8-7(12)9-6(5)11/h3-4,10H,2H2,1H3,(H2,8,9,11,12). The number of rotatable bonds is 2. The summed E-state index contributed by atoms with van der Waals surface area (Å²) in [4.78, 5) is 25.9. The number of aromatic amines is 2. The molecule has 0 aliphatic carbocycles. The highest BCUT2D eigenvalue weighted by molar-refractivity contribution is 5.04. The molecule has 0 radical (unpaired) electrons. The van der Waals surface area contributed by atoms with E-state index in [1.807, 2.05) is 0 Å². The molecule has 0 amide bonds. The van der Waals surface area contributed by atoms with Crippen molar-refractivity contribution in [3.8, 4) is 0 Å². The maximum absolute atomic E-state index is 11.0. The zero-order valence-electron chi connectivity index (χ0n) is 6.63. The summed E-state index contributed by atoms with van der Waals surface area (Å²) in [5.41, 5.74) is -0.599. The van der Waals surface area contributed by atoms with Crippen LogP contribution >= 0.6 is 0 Å². The SMILES string of the molecule is CC(O)Cc1c[nH]c(=O)[nH]c1=O. The van der Waals surface area contributed by atoms with Gasteiger partial charge in [0.15, 0.2) is 0 Å². The molecular weight excluding hydrogens is 160 g/mol. The normalized spacial score (nSPS) is 12.8. The largest absolute Gasteiger partial charge is 0.393 e. The van der Waals surface area contributed by atoms with Crippen molar-refractivity contribution in [2.24, 2.45) is 0 Å². The predicted octanol–water partition coefficient (Wildman–Crippen LogP) is -1.01. The van der Waals surface area contributed by atoms with Crippen molar-refractivity contribution in [3.05, 3.63) is 32.6 Å². The average molecular weight is 170 g/mol. The Morgan fingerprint density at radius 1 is 1.58 bits per heavy atom. The van der Waals surface area contributed by atoms with Gasteiger partial charge in [-0.15, -0.1) is 0 Å². The van der Waals surface area contributed by atoms with Gasteiger partial charge in [0.25, 0.3) is 5.56 Å². The molecule has 1 rings (SSSR count). The van der Waals surface area contributed by atoms with E-state index in [0.717, 1.165) is 0 Å². The van der Waals surface area contributed by atoms with Gasteiger partial charge in [-0.25, -0.2) is 4.79 Å². The van der Waals surface area contributed by atoms with Gasteiger partial charge >= 0.3 is 5.69 Å². The quantitative estimate of drug-likeness (QED) is 0.531. The molecule has 0 spiro atoms. The first-order valence-corrected chi connectivity index (χ1v) is 3.58. The van der Waals surface area contributed by atoms with Gasteiger partial charge in [-0.1, -0.05) is 0 Å². The fourth-order valence-electron chi connectivity index (χ4n) is 0.908. The van der Waals surface area contributed by atoms with Crippen LogP contribution in [0.4, 0.5) is 0 Å². The summed E-state index contributed by atoms with van der Waals surface area (Å²) in [6, 6.07) is 0. The molecular formula is C7H10N2O3. The third kappa shape index (κ3) is 2.06. The lowest BCUT2D eigenvalue weighted by Crippen LogP contribution is -2.26. The molecule has 0 aliphatic rings. The van der Waals surface area contributed by atoms with Gasteiger partial charge in [0.1, 0.15) is 0 Å². The second-order valence-corrected chi connectivity index (χ2v) is 2.65. The third-order valence-electron chi connectivity index (χ3n) is 1.41. The molecule has 66 valence electrons. The van der Waals surface area contributed by atoms with Gasteiger partial charge in [-0.2, -0.15) is 0 Å². The summed E-state index contributed by atoms with van der Waals surface area (Å²) in [5, 5.41) is 8.95. The number of hydrogen-bond acceptors (Lipinski definition) is 3. The molecule has 5 heteroatoms. The molecule has 0 bridgehead atoms. The number of aliphatic hydroxyl groups is 1. The topological polar surface area (TPSA) is 85.9 Å². The summed E-state index contributed by atoms with van der Waals surface area (Å²) in [5.74, 6) is 0. The van der Waals surface area contributed by atoms with Gasteiger partial charge in [0, 0.05) is 18.2 Å². The second kappa shape index (κ2) is 3.36. The van der Waals surface area contributed by atoms with Crippen LogP contribution < -0.4 is 11.2 Å². The Balaban J connectivity index is 3.02. The first kappa shape index (κ1) is 8.73. The summed E-state index contributed by atoms with van der Waals surface area (Å²) in [6.07, 6.45) is 0.969. The van der Waals surface area contributed by atoms with E-state index in [4.69, 9.17) is 5.11 Å². The fraction of sp³-hybridized carbons (Fsp3) is 0.429. The van der Waals surface area contributed by atoms with Crippen molar-refractivity contribution in [2.75, 3.05) is 0 Å². The first-order chi connectivity index (χ1) is 5.59. The highest BCUT2D eigenvalue weighted by atomic mass is 16.3. The fourth-order valence-corrected chi connectivity index (χ4v) is 0.908. The maximum atomic E-state index is 11.0. The van der Waals surface area contributed by atoms with Gasteiger partial charge in [0.05, 0.1) is 6.10 Å². The highest BCUT2D eigenvalue weighted by Gasteiger charge is 2.03. The number of nitrogens with one attached hydrogen (secondary N) is 2. The van der Waals surface area contributed by atoms with E-state index in [2.05, 4.69) is 9.97 Å². The Labute approximate surface area is 68.1 Å². The van der Waals surface area contributed by atoms with Crippen LogP contribution in [-0.2, 0) is 6.42 Å². The zero-order chi connectivity index (χ0) is 9.14. The lowest BCUT2D eigenvalue weighted by Gasteiger charge is -2.00. The lowest BCUT2D eigenvalue weighted by molar-refractivity contribution is 0.195. The molecule has 3 N–H and O–H groups in total. The Hall–Kier alpha value is -1.36. The van der Waals surface area contributed by atoms with Crippen LogP contribution in [0.5, 0.6) is 0 Å². The molecule has 0 saturated carbocycles. The van der Waals surface area contributed by atoms with E-state index in [9.17, 15) is 9.59 Å². The number of aromatic nitrogens is 2. The molecule has 1 unspecified atom stereocenters. The van der Waals surface area contributed by atoms with Gasteiger partial charge in [-0.3, -0.25) is 9.78 Å². The number of hydrogen-bond donors (Lipinski definition) is 3. The van der Waals surface area contributed by atoms with Crippen LogP contribution in [0.3, 0.4) is 0 Å². The molecule has 0 aliphatic heterocycles. The van der Waals surface area contributed by atoms with E-state index in [0.29, 0.717) is 5.56 Å². The molecule has 0 fully saturated rings. The van der Waals surface area contributed by atoms with E-state index in [1.54, 1.807) is 6.92 Å². The minimum atomic E-state index is -0.586. The van der Waals surface area contributed by atoms with E-state index in [-0.39, 0.29) is 6.42 Å². The maximum Gasteiger partial charge on any atom is 0.325 e. The minimum Gasteiger partial charge on any atom is -0.393 e. The van der Waals surface area contributed by atoms with Crippen LogP contribution in [0.25, 0.3) is 0 Å². The Morgan fingerprint density at radius 2 is 2.25 bits per heavy atom. The van der Waals surface area contributed by atoms with Gasteiger partial charge < -0.3 is 10.1 Å². The van der Waals surface area contributed by atoms with Crippen molar-refractivity contribution < 1.29 is 5.11 Å². The number of H-pyrrole nitrogens is 2. The molecule has 5 nitrogen and oxygen atoms in total. The van der Waals surface area contributed by atoms with Crippen molar-refractivity contribution in [2.45, 2.75) is 19.4 Å². The second-order valence-electron chi connectivity index (χ2n) is 2.65. The number of aliphatic hydroxyl groups excluding tert-OH is 1. The third-order valence-corrected chi connectivity index (χ3v) is 1.41. The Bertz CT molecular complexity index is 363. The van der Waals surface area contributed by atoms with Crippen LogP contribution in [0.15, 0.2) is 15.8 Å². The summed E-state index contributed by atoms with van der Waals surface area (Å²) in [7, 11) is 0. The lowest BCUT2D eigenvalue weighted by atomic mass is 10.2. The van der Waals surface area contributed by atoms with Gasteiger partial charge in [0.2, 0.25) is 0 Å². The molecule has 1 atom stereocenters. The zero-order valence-corrected chi connectivity index (χ0v) is 6.63. The Kier molecular flexibility index (Phi) is 2.44. The van der Waals surface area contributed by atoms with Crippen LogP contribution in [0.2, 0.25) is 0 Å². The van der Waals surface area contributed by atoms with Crippen LogP contribution in [0.1, 0.15) is 12.5 Å². The van der Waals surface area contributed by atoms with Crippen molar-refractivity contribution >= 4 is 0 Å². The average Bonchev–Trinajstić information content (AvgIpc) is 1.94. The van der Waals surface area contributed by atoms with Crippen molar-refractivity contribution in [1.29, 1.82) is 0 Å². The van der Waals surface area contributed by atoms with E-state index >= 15 is 0 Å². The smallest absolute Gasteiger partial charge is 0.325 e. The molecule has 12 heavy (non-hydrogen) atoms. The first-order valence-electron chi connectivity index (χ1n) is 3.58. The summed E-state index contributed by atoms with van der Waals surface area (Å²) >= 11 is 0. The van der Waals surface area contributed by atoms with E-state index < -0.39 is 17.4 Å². The van der Waals surface area contributed by atoms with Crippen molar-refractivity contribution in [3.63, 3.8) is 0 Å². The summed E-state index contributed by atoms with van der Waals surface area (Å²) in [6.45, 7) is 1.57. The van der Waals surface area contributed by atoms with Crippen molar-refractivity contribution in [1.82, 2.24) is 9.97 Å².